The summed E-state index contributed by atoms with van der Waals surface area (Å²) in [6.07, 6.45) is 4.91. The SMILES string of the molecule is O=c1ccc2cc(S(=O)(=O)NCCN3CCCCCC3)ccc2[nH]1. The van der Waals surface area contributed by atoms with Crippen LogP contribution in [-0.4, -0.2) is 44.5 Å². The Balaban J connectivity index is 1.66. The lowest BCUT2D eigenvalue weighted by Crippen LogP contribution is -2.35. The summed E-state index contributed by atoms with van der Waals surface area (Å²) in [4.78, 5) is 16.5. The first-order valence-corrected chi connectivity index (χ1v) is 9.88. The summed E-state index contributed by atoms with van der Waals surface area (Å²) in [5, 5.41) is 0.699. The number of hydrogen-bond acceptors (Lipinski definition) is 4. The molecular weight excluding hydrogens is 326 g/mol. The quantitative estimate of drug-likeness (QED) is 0.860. The lowest BCUT2D eigenvalue weighted by atomic mass is 10.2. The summed E-state index contributed by atoms with van der Waals surface area (Å²) in [7, 11) is -3.54. The van der Waals surface area contributed by atoms with Crippen molar-refractivity contribution >= 4 is 20.9 Å². The Morgan fingerprint density at radius 3 is 2.54 bits per heavy atom. The van der Waals surface area contributed by atoms with Gasteiger partial charge in [0, 0.05) is 24.7 Å². The molecule has 24 heavy (non-hydrogen) atoms. The van der Waals surface area contributed by atoms with E-state index in [1.165, 1.54) is 37.8 Å². The molecular formula is C17H23N3O3S. The van der Waals surface area contributed by atoms with Crippen molar-refractivity contribution in [3.05, 3.63) is 40.7 Å². The predicted molar refractivity (Wildman–Crippen MR) is 94.7 cm³/mol. The third-order valence-corrected chi connectivity index (χ3v) is 5.88. The van der Waals surface area contributed by atoms with Gasteiger partial charge in [-0.2, -0.15) is 0 Å². The van der Waals surface area contributed by atoms with E-state index in [1.807, 2.05) is 0 Å². The molecule has 2 N–H and O–H groups in total. The first-order valence-electron chi connectivity index (χ1n) is 8.40. The second-order valence-electron chi connectivity index (χ2n) is 6.23. The number of pyridine rings is 1. The zero-order chi connectivity index (χ0) is 17.0. The number of sulfonamides is 1. The molecule has 0 bridgehead atoms. The molecule has 0 radical (unpaired) electrons. The lowest BCUT2D eigenvalue weighted by Gasteiger charge is -2.19. The number of H-pyrrole nitrogens is 1. The van der Waals surface area contributed by atoms with Gasteiger partial charge in [-0.25, -0.2) is 13.1 Å². The molecule has 1 aliphatic rings. The second-order valence-corrected chi connectivity index (χ2v) is 7.99. The van der Waals surface area contributed by atoms with Gasteiger partial charge in [0.15, 0.2) is 0 Å². The summed E-state index contributed by atoms with van der Waals surface area (Å²) in [6.45, 7) is 3.24. The molecule has 0 spiro atoms. The molecule has 0 unspecified atom stereocenters. The van der Waals surface area contributed by atoms with Gasteiger partial charge in [0.25, 0.3) is 0 Å². The van der Waals surface area contributed by atoms with E-state index in [2.05, 4.69) is 14.6 Å². The summed E-state index contributed by atoms with van der Waals surface area (Å²) >= 11 is 0. The highest BCUT2D eigenvalue weighted by Crippen LogP contribution is 2.16. The maximum absolute atomic E-state index is 12.5. The molecule has 6 nitrogen and oxygen atoms in total. The fourth-order valence-corrected chi connectivity index (χ4v) is 4.14. The Hall–Kier alpha value is -1.70. The number of aromatic nitrogens is 1. The van der Waals surface area contributed by atoms with Crippen molar-refractivity contribution < 1.29 is 8.42 Å². The maximum atomic E-state index is 12.5. The van der Waals surface area contributed by atoms with Crippen LogP contribution in [0.4, 0.5) is 0 Å². The number of aromatic amines is 1. The molecule has 2 aromatic rings. The number of likely N-dealkylation sites (tertiary alicyclic amines) is 1. The summed E-state index contributed by atoms with van der Waals surface area (Å²) in [5.74, 6) is 0. The normalized spacial score (nSPS) is 17.0. The largest absolute Gasteiger partial charge is 0.322 e. The first-order chi connectivity index (χ1) is 11.5. The van der Waals surface area contributed by atoms with Gasteiger partial charge in [0.1, 0.15) is 0 Å². The molecule has 7 heteroatoms. The van der Waals surface area contributed by atoms with Gasteiger partial charge in [-0.3, -0.25) is 4.79 Å². The van der Waals surface area contributed by atoms with Crippen molar-refractivity contribution in [2.75, 3.05) is 26.2 Å². The zero-order valence-electron chi connectivity index (χ0n) is 13.6. The van der Waals surface area contributed by atoms with Crippen molar-refractivity contribution in [1.82, 2.24) is 14.6 Å². The van der Waals surface area contributed by atoms with Crippen LogP contribution in [0, 0.1) is 0 Å². The van der Waals surface area contributed by atoms with Crippen LogP contribution in [0.15, 0.2) is 40.0 Å². The van der Waals surface area contributed by atoms with Crippen molar-refractivity contribution in [2.24, 2.45) is 0 Å². The lowest BCUT2D eigenvalue weighted by molar-refractivity contribution is 0.290. The molecule has 0 saturated carbocycles. The van der Waals surface area contributed by atoms with E-state index in [1.54, 1.807) is 18.2 Å². The van der Waals surface area contributed by atoms with E-state index in [9.17, 15) is 13.2 Å². The van der Waals surface area contributed by atoms with Crippen LogP contribution in [0.1, 0.15) is 25.7 Å². The molecule has 0 amide bonds. The predicted octanol–water partition coefficient (Wildman–Crippen LogP) is 1.68. The average Bonchev–Trinajstić information content (AvgIpc) is 2.83. The fraction of sp³-hybridized carbons (Fsp3) is 0.471. The van der Waals surface area contributed by atoms with Gasteiger partial charge in [-0.15, -0.1) is 0 Å². The van der Waals surface area contributed by atoms with Crippen LogP contribution < -0.4 is 10.3 Å². The second kappa shape index (κ2) is 7.46. The highest BCUT2D eigenvalue weighted by molar-refractivity contribution is 7.89. The summed E-state index contributed by atoms with van der Waals surface area (Å²) < 4.78 is 27.6. The molecule has 1 aromatic carbocycles. The van der Waals surface area contributed by atoms with E-state index >= 15 is 0 Å². The number of hydrogen-bond donors (Lipinski definition) is 2. The fourth-order valence-electron chi connectivity index (χ4n) is 3.08. The molecule has 0 aliphatic carbocycles. The Labute approximate surface area is 141 Å². The van der Waals surface area contributed by atoms with Crippen LogP contribution in [0.5, 0.6) is 0 Å². The third-order valence-electron chi connectivity index (χ3n) is 4.42. The van der Waals surface area contributed by atoms with Crippen molar-refractivity contribution in [3.63, 3.8) is 0 Å². The van der Waals surface area contributed by atoms with E-state index in [-0.39, 0.29) is 10.5 Å². The molecule has 1 saturated heterocycles. The van der Waals surface area contributed by atoms with Gasteiger partial charge in [0.05, 0.1) is 4.90 Å². The van der Waals surface area contributed by atoms with Crippen molar-refractivity contribution in [2.45, 2.75) is 30.6 Å². The number of benzene rings is 1. The molecule has 1 fully saturated rings. The van der Waals surface area contributed by atoms with Gasteiger partial charge in [-0.1, -0.05) is 12.8 Å². The van der Waals surface area contributed by atoms with Gasteiger partial charge < -0.3 is 9.88 Å². The Morgan fingerprint density at radius 1 is 1.04 bits per heavy atom. The van der Waals surface area contributed by atoms with Crippen molar-refractivity contribution in [1.29, 1.82) is 0 Å². The maximum Gasteiger partial charge on any atom is 0.248 e. The van der Waals surface area contributed by atoms with E-state index in [0.29, 0.717) is 17.4 Å². The van der Waals surface area contributed by atoms with Gasteiger partial charge >= 0.3 is 0 Å². The Morgan fingerprint density at radius 2 is 1.79 bits per heavy atom. The number of nitrogens with one attached hydrogen (secondary N) is 2. The molecule has 2 heterocycles. The van der Waals surface area contributed by atoms with Gasteiger partial charge in [0.2, 0.25) is 15.6 Å². The zero-order valence-corrected chi connectivity index (χ0v) is 14.4. The molecule has 0 atom stereocenters. The molecule has 3 rings (SSSR count). The molecule has 130 valence electrons. The molecule has 1 aliphatic heterocycles. The minimum absolute atomic E-state index is 0.200. The summed E-state index contributed by atoms with van der Waals surface area (Å²) in [6, 6.07) is 7.75. The summed E-state index contributed by atoms with van der Waals surface area (Å²) in [5.41, 5.74) is 0.430. The Bertz CT molecular complexity index is 853. The number of fused-ring (bicyclic) bond motifs is 1. The highest BCUT2D eigenvalue weighted by atomic mass is 32.2. The van der Waals surface area contributed by atoms with Crippen LogP contribution in [0.3, 0.4) is 0 Å². The smallest absolute Gasteiger partial charge is 0.248 e. The minimum Gasteiger partial charge on any atom is -0.322 e. The van der Waals surface area contributed by atoms with Crippen LogP contribution >= 0.6 is 0 Å². The van der Waals surface area contributed by atoms with Crippen LogP contribution in [0.2, 0.25) is 0 Å². The highest BCUT2D eigenvalue weighted by Gasteiger charge is 2.15. The molecule has 1 aromatic heterocycles. The number of rotatable bonds is 5. The Kier molecular flexibility index (Phi) is 5.33. The van der Waals surface area contributed by atoms with E-state index in [0.717, 1.165) is 19.6 Å². The standard InChI is InChI=1S/C17H23N3O3S/c21-17-8-5-14-13-15(6-7-16(14)19-17)24(22,23)18-9-12-20-10-3-1-2-4-11-20/h5-8,13,18H,1-4,9-12H2,(H,19,21). The monoisotopic (exact) mass is 349 g/mol. The van der Waals surface area contributed by atoms with E-state index < -0.39 is 10.0 Å². The minimum atomic E-state index is -3.54. The number of nitrogens with zero attached hydrogens (tertiary/aromatic N) is 1. The van der Waals surface area contributed by atoms with Crippen LogP contribution in [0.25, 0.3) is 10.9 Å². The van der Waals surface area contributed by atoms with Gasteiger partial charge in [-0.05, 0) is 55.6 Å². The first kappa shape index (κ1) is 17.1. The van der Waals surface area contributed by atoms with Crippen LogP contribution in [-0.2, 0) is 10.0 Å². The van der Waals surface area contributed by atoms with E-state index in [4.69, 9.17) is 0 Å². The average molecular weight is 349 g/mol. The van der Waals surface area contributed by atoms with Crippen molar-refractivity contribution in [3.8, 4) is 0 Å². The third kappa shape index (κ3) is 4.23. The topological polar surface area (TPSA) is 82.3 Å².